The smallest absolute Gasteiger partial charge is 0.271 e. The SMILES string of the molecule is Cn1c(=NNC(=O)c2ccc3c(c2)OCCO3)sc2ccccc21. The molecule has 7 heteroatoms. The summed E-state index contributed by atoms with van der Waals surface area (Å²) in [4.78, 5) is 13.0. The van der Waals surface area contributed by atoms with Crippen LogP contribution in [0.3, 0.4) is 0 Å². The maximum absolute atomic E-state index is 12.3. The first-order chi connectivity index (χ1) is 11.7. The summed E-state index contributed by atoms with van der Waals surface area (Å²) in [5.41, 5.74) is 4.16. The van der Waals surface area contributed by atoms with Gasteiger partial charge < -0.3 is 14.0 Å². The van der Waals surface area contributed by atoms with Crippen molar-refractivity contribution in [3.05, 3.63) is 52.8 Å². The van der Waals surface area contributed by atoms with E-state index in [1.807, 2.05) is 35.9 Å². The number of nitrogens with one attached hydrogen (secondary N) is 1. The number of aryl methyl sites for hydroxylation is 1. The number of fused-ring (bicyclic) bond motifs is 2. The summed E-state index contributed by atoms with van der Waals surface area (Å²) >= 11 is 1.52. The standard InChI is InChI=1S/C17H15N3O3S/c1-20-12-4-2-3-5-15(12)24-17(20)19-18-16(21)11-6-7-13-14(10-11)23-9-8-22-13/h2-7,10H,8-9H2,1H3,(H,18,21). The minimum absolute atomic E-state index is 0.288. The molecule has 0 saturated heterocycles. The van der Waals surface area contributed by atoms with Crippen molar-refractivity contribution in [1.82, 2.24) is 9.99 Å². The van der Waals surface area contributed by atoms with E-state index in [2.05, 4.69) is 10.5 Å². The highest BCUT2D eigenvalue weighted by atomic mass is 32.1. The Morgan fingerprint density at radius 3 is 2.79 bits per heavy atom. The maximum Gasteiger partial charge on any atom is 0.271 e. The van der Waals surface area contributed by atoms with Gasteiger partial charge >= 0.3 is 0 Å². The molecule has 1 amide bonds. The molecule has 24 heavy (non-hydrogen) atoms. The van der Waals surface area contributed by atoms with Crippen LogP contribution in [0.4, 0.5) is 0 Å². The second kappa shape index (κ2) is 6.01. The molecular weight excluding hydrogens is 326 g/mol. The van der Waals surface area contributed by atoms with Gasteiger partial charge in [-0.2, -0.15) is 0 Å². The van der Waals surface area contributed by atoms with Gasteiger partial charge in [0.15, 0.2) is 11.5 Å². The van der Waals surface area contributed by atoms with Gasteiger partial charge in [0.25, 0.3) is 5.91 Å². The van der Waals surface area contributed by atoms with E-state index in [0.29, 0.717) is 30.3 Å². The second-order valence-corrected chi connectivity index (χ2v) is 6.33. The van der Waals surface area contributed by atoms with Gasteiger partial charge in [-0.1, -0.05) is 23.5 Å². The van der Waals surface area contributed by atoms with E-state index in [1.54, 1.807) is 18.2 Å². The minimum Gasteiger partial charge on any atom is -0.486 e. The lowest BCUT2D eigenvalue weighted by Crippen LogP contribution is -2.23. The largest absolute Gasteiger partial charge is 0.486 e. The van der Waals surface area contributed by atoms with Gasteiger partial charge in [0, 0.05) is 12.6 Å². The number of nitrogens with zero attached hydrogens (tertiary/aromatic N) is 2. The molecule has 2 aromatic carbocycles. The monoisotopic (exact) mass is 341 g/mol. The zero-order valence-electron chi connectivity index (χ0n) is 13.0. The summed E-state index contributed by atoms with van der Waals surface area (Å²) < 4.78 is 14.0. The third-order valence-electron chi connectivity index (χ3n) is 3.77. The fraction of sp³-hybridized carbons (Fsp3) is 0.176. The topological polar surface area (TPSA) is 64.9 Å². The van der Waals surface area contributed by atoms with Crippen LogP contribution in [0, 0.1) is 0 Å². The Morgan fingerprint density at radius 2 is 1.96 bits per heavy atom. The molecule has 0 bridgehead atoms. The van der Waals surface area contributed by atoms with Gasteiger partial charge in [-0.25, -0.2) is 5.43 Å². The molecule has 0 unspecified atom stereocenters. The van der Waals surface area contributed by atoms with Crippen LogP contribution in [0.5, 0.6) is 11.5 Å². The van der Waals surface area contributed by atoms with Crippen molar-refractivity contribution in [3.8, 4) is 11.5 Å². The van der Waals surface area contributed by atoms with Crippen LogP contribution >= 0.6 is 11.3 Å². The van der Waals surface area contributed by atoms with Crippen LogP contribution in [-0.2, 0) is 7.05 Å². The van der Waals surface area contributed by atoms with Crippen LogP contribution < -0.4 is 19.7 Å². The molecule has 122 valence electrons. The average molecular weight is 341 g/mol. The number of hydrogen-bond acceptors (Lipinski definition) is 5. The van der Waals surface area contributed by atoms with Crippen LogP contribution in [0.2, 0.25) is 0 Å². The summed E-state index contributed by atoms with van der Waals surface area (Å²) in [5, 5.41) is 4.24. The van der Waals surface area contributed by atoms with Crippen molar-refractivity contribution in [2.45, 2.75) is 0 Å². The zero-order chi connectivity index (χ0) is 16.5. The van der Waals surface area contributed by atoms with E-state index in [9.17, 15) is 4.79 Å². The van der Waals surface area contributed by atoms with Crippen LogP contribution in [-0.4, -0.2) is 23.7 Å². The molecule has 0 fully saturated rings. The molecule has 0 aliphatic carbocycles. The van der Waals surface area contributed by atoms with Crippen molar-refractivity contribution in [2.75, 3.05) is 13.2 Å². The Labute approximate surface area is 141 Å². The Hall–Kier alpha value is -2.80. The summed E-state index contributed by atoms with van der Waals surface area (Å²) in [6.07, 6.45) is 0. The molecule has 1 aromatic heterocycles. The zero-order valence-corrected chi connectivity index (χ0v) is 13.8. The van der Waals surface area contributed by atoms with E-state index in [4.69, 9.17) is 9.47 Å². The fourth-order valence-corrected chi connectivity index (χ4v) is 3.52. The van der Waals surface area contributed by atoms with Gasteiger partial charge in [0.1, 0.15) is 13.2 Å². The minimum atomic E-state index is -0.288. The molecule has 0 radical (unpaired) electrons. The first kappa shape index (κ1) is 14.8. The normalized spacial score (nSPS) is 14.0. The van der Waals surface area contributed by atoms with Gasteiger partial charge in [0.2, 0.25) is 4.80 Å². The molecule has 4 rings (SSSR count). The molecule has 0 saturated carbocycles. The second-order valence-electron chi connectivity index (χ2n) is 5.32. The van der Waals surface area contributed by atoms with E-state index < -0.39 is 0 Å². The van der Waals surface area contributed by atoms with Gasteiger partial charge in [-0.05, 0) is 30.3 Å². The third kappa shape index (κ3) is 2.63. The van der Waals surface area contributed by atoms with E-state index in [-0.39, 0.29) is 5.91 Å². The Morgan fingerprint density at radius 1 is 1.17 bits per heavy atom. The number of para-hydroxylation sites is 1. The highest BCUT2D eigenvalue weighted by Crippen LogP contribution is 2.30. The number of thiazole rings is 1. The van der Waals surface area contributed by atoms with Crippen molar-refractivity contribution < 1.29 is 14.3 Å². The first-order valence-electron chi connectivity index (χ1n) is 7.50. The maximum atomic E-state index is 12.3. The van der Waals surface area contributed by atoms with Gasteiger partial charge in [0.05, 0.1) is 10.2 Å². The number of hydrogen-bond donors (Lipinski definition) is 1. The number of aromatic nitrogens is 1. The van der Waals surface area contributed by atoms with Crippen molar-refractivity contribution >= 4 is 27.5 Å². The highest BCUT2D eigenvalue weighted by molar-refractivity contribution is 7.16. The Kier molecular flexibility index (Phi) is 3.70. The molecular formula is C17H15N3O3S. The van der Waals surface area contributed by atoms with Gasteiger partial charge in [-0.3, -0.25) is 4.79 Å². The summed E-state index contributed by atoms with van der Waals surface area (Å²) in [6, 6.07) is 13.1. The third-order valence-corrected chi connectivity index (χ3v) is 4.89. The van der Waals surface area contributed by atoms with E-state index in [0.717, 1.165) is 15.0 Å². The van der Waals surface area contributed by atoms with Crippen molar-refractivity contribution in [3.63, 3.8) is 0 Å². The summed E-state index contributed by atoms with van der Waals surface area (Å²) in [5.74, 6) is 0.955. The lowest BCUT2D eigenvalue weighted by atomic mass is 10.2. The predicted molar refractivity (Wildman–Crippen MR) is 91.3 cm³/mol. The van der Waals surface area contributed by atoms with Crippen LogP contribution in [0.15, 0.2) is 47.6 Å². The molecule has 1 aliphatic rings. The average Bonchev–Trinajstić information content (AvgIpc) is 2.95. The van der Waals surface area contributed by atoms with Crippen molar-refractivity contribution in [1.29, 1.82) is 0 Å². The Bertz CT molecular complexity index is 990. The van der Waals surface area contributed by atoms with Gasteiger partial charge in [-0.15, -0.1) is 5.10 Å². The van der Waals surface area contributed by atoms with E-state index >= 15 is 0 Å². The number of ether oxygens (including phenoxy) is 2. The number of carbonyl (C=O) groups is 1. The van der Waals surface area contributed by atoms with Crippen LogP contribution in [0.1, 0.15) is 10.4 Å². The predicted octanol–water partition coefficient (Wildman–Crippen LogP) is 2.26. The van der Waals surface area contributed by atoms with Crippen molar-refractivity contribution in [2.24, 2.45) is 12.1 Å². The molecule has 3 aromatic rings. The fourth-order valence-electron chi connectivity index (χ4n) is 2.54. The molecule has 0 spiro atoms. The first-order valence-corrected chi connectivity index (χ1v) is 8.32. The Balaban J connectivity index is 1.60. The molecule has 2 heterocycles. The number of rotatable bonds is 2. The molecule has 0 atom stereocenters. The van der Waals surface area contributed by atoms with E-state index in [1.165, 1.54) is 11.3 Å². The number of carbonyl (C=O) groups excluding carboxylic acids is 1. The lowest BCUT2D eigenvalue weighted by molar-refractivity contribution is 0.0951. The molecule has 6 nitrogen and oxygen atoms in total. The van der Waals surface area contributed by atoms with Crippen LogP contribution in [0.25, 0.3) is 10.2 Å². The molecule has 1 N–H and O–H groups in total. The highest BCUT2D eigenvalue weighted by Gasteiger charge is 2.14. The quantitative estimate of drug-likeness (QED) is 0.727. The summed E-state index contributed by atoms with van der Waals surface area (Å²) in [7, 11) is 1.92. The molecule has 1 aliphatic heterocycles. The summed E-state index contributed by atoms with van der Waals surface area (Å²) in [6.45, 7) is 1.01. The number of amides is 1. The number of benzene rings is 2. The lowest BCUT2D eigenvalue weighted by Gasteiger charge is -2.18.